The molecule has 0 unspecified atom stereocenters. The summed E-state index contributed by atoms with van der Waals surface area (Å²) in [6.07, 6.45) is 3.69. The third-order valence-corrected chi connectivity index (χ3v) is 4.05. The number of phenols is 1. The van der Waals surface area contributed by atoms with Crippen molar-refractivity contribution in [2.75, 3.05) is 5.75 Å². The first kappa shape index (κ1) is 18.7. The number of aromatic hydroxyl groups is 1. The number of nitrogens with one attached hydrogen (secondary N) is 1. The van der Waals surface area contributed by atoms with Gasteiger partial charge in [-0.05, 0) is 38.0 Å². The minimum atomic E-state index is -0.272. The Hall–Kier alpha value is -2.67. The summed E-state index contributed by atoms with van der Waals surface area (Å²) in [7, 11) is 0. The van der Waals surface area contributed by atoms with Crippen LogP contribution in [0, 0.1) is 13.8 Å². The predicted octanol–water partition coefficient (Wildman–Crippen LogP) is 2.77. The van der Waals surface area contributed by atoms with E-state index in [4.69, 9.17) is 0 Å². The zero-order chi connectivity index (χ0) is 18.2. The van der Waals surface area contributed by atoms with Crippen LogP contribution < -0.4 is 5.43 Å². The van der Waals surface area contributed by atoms with Gasteiger partial charge < -0.3 is 5.11 Å². The first-order chi connectivity index (χ1) is 12.0. The highest BCUT2D eigenvalue weighted by Crippen LogP contribution is 2.21. The number of hydrogen-bond acceptors (Lipinski definition) is 6. The lowest BCUT2D eigenvalue weighted by Crippen LogP contribution is -2.19. The summed E-state index contributed by atoms with van der Waals surface area (Å²) in [6, 6.07) is 7.22. The molecule has 0 aliphatic carbocycles. The predicted molar refractivity (Wildman–Crippen MR) is 100.0 cm³/mol. The number of hydrazone groups is 1. The van der Waals surface area contributed by atoms with Gasteiger partial charge in [0.05, 0.1) is 12.0 Å². The summed E-state index contributed by atoms with van der Waals surface area (Å²) in [6.45, 7) is 7.42. The number of hydrogen-bond donors (Lipinski definition) is 2. The van der Waals surface area contributed by atoms with Crippen LogP contribution in [0.25, 0.3) is 0 Å². The number of amides is 1. The molecule has 0 radical (unpaired) electrons. The van der Waals surface area contributed by atoms with E-state index in [0.717, 1.165) is 17.0 Å². The van der Waals surface area contributed by atoms with Crippen molar-refractivity contribution in [2.45, 2.75) is 25.4 Å². The van der Waals surface area contributed by atoms with Crippen molar-refractivity contribution in [1.82, 2.24) is 15.4 Å². The van der Waals surface area contributed by atoms with Crippen LogP contribution in [-0.4, -0.2) is 32.9 Å². The summed E-state index contributed by atoms with van der Waals surface area (Å²) in [4.78, 5) is 20.4. The van der Waals surface area contributed by atoms with Crippen LogP contribution in [0.2, 0.25) is 0 Å². The van der Waals surface area contributed by atoms with Gasteiger partial charge in [-0.3, -0.25) is 4.79 Å². The third kappa shape index (κ3) is 5.72. The highest BCUT2D eigenvalue weighted by molar-refractivity contribution is 7.99. The van der Waals surface area contributed by atoms with Gasteiger partial charge in [-0.25, -0.2) is 15.4 Å². The average Bonchev–Trinajstić information content (AvgIpc) is 2.56. The number of allylic oxidation sites excluding steroid dienone is 1. The first-order valence-corrected chi connectivity index (χ1v) is 8.67. The van der Waals surface area contributed by atoms with E-state index in [-0.39, 0.29) is 17.4 Å². The zero-order valence-corrected chi connectivity index (χ0v) is 15.0. The maximum Gasteiger partial charge on any atom is 0.250 e. The van der Waals surface area contributed by atoms with Crippen molar-refractivity contribution in [3.8, 4) is 5.75 Å². The molecule has 0 aliphatic heterocycles. The molecule has 1 amide bonds. The zero-order valence-electron chi connectivity index (χ0n) is 14.2. The molecule has 0 atom stereocenters. The van der Waals surface area contributed by atoms with E-state index in [0.29, 0.717) is 17.1 Å². The van der Waals surface area contributed by atoms with Crippen LogP contribution in [0.4, 0.5) is 0 Å². The van der Waals surface area contributed by atoms with Gasteiger partial charge in [0, 0.05) is 17.0 Å². The second-order valence-electron chi connectivity index (χ2n) is 5.36. The Morgan fingerprint density at radius 1 is 1.36 bits per heavy atom. The molecule has 0 fully saturated rings. The Kier molecular flexibility index (Phi) is 6.71. The molecule has 130 valence electrons. The average molecular weight is 356 g/mol. The molecule has 1 aromatic heterocycles. The van der Waals surface area contributed by atoms with Gasteiger partial charge in [0.15, 0.2) is 5.16 Å². The van der Waals surface area contributed by atoms with Gasteiger partial charge in [0.25, 0.3) is 5.91 Å². The molecule has 2 N–H and O–H groups in total. The van der Waals surface area contributed by atoms with Crippen LogP contribution in [0.3, 0.4) is 0 Å². The fourth-order valence-corrected chi connectivity index (χ4v) is 2.87. The van der Waals surface area contributed by atoms with Crippen molar-refractivity contribution in [1.29, 1.82) is 0 Å². The maximum absolute atomic E-state index is 11.9. The van der Waals surface area contributed by atoms with E-state index in [1.54, 1.807) is 12.1 Å². The van der Waals surface area contributed by atoms with Crippen LogP contribution >= 0.6 is 11.8 Å². The number of nitrogens with zero attached hydrogens (tertiary/aromatic N) is 3. The van der Waals surface area contributed by atoms with Gasteiger partial charge in [-0.2, -0.15) is 5.10 Å². The van der Waals surface area contributed by atoms with Gasteiger partial charge >= 0.3 is 0 Å². The van der Waals surface area contributed by atoms with E-state index in [2.05, 4.69) is 27.1 Å². The Balaban J connectivity index is 1.90. The Labute approximate surface area is 151 Å². The van der Waals surface area contributed by atoms with E-state index in [1.807, 2.05) is 32.0 Å². The number of rotatable bonds is 7. The van der Waals surface area contributed by atoms with Crippen molar-refractivity contribution in [3.63, 3.8) is 0 Å². The molecule has 6 nitrogen and oxygen atoms in total. The first-order valence-electron chi connectivity index (χ1n) is 7.68. The number of para-hydroxylation sites is 1. The normalized spacial score (nSPS) is 10.8. The van der Waals surface area contributed by atoms with Crippen LogP contribution in [0.15, 0.2) is 47.2 Å². The van der Waals surface area contributed by atoms with Crippen molar-refractivity contribution in [3.05, 3.63) is 59.4 Å². The number of aryl methyl sites for hydroxylation is 2. The summed E-state index contributed by atoms with van der Waals surface area (Å²) in [5.41, 5.74) is 5.45. The smallest absolute Gasteiger partial charge is 0.250 e. The monoisotopic (exact) mass is 356 g/mol. The van der Waals surface area contributed by atoms with Crippen molar-refractivity contribution >= 4 is 23.9 Å². The van der Waals surface area contributed by atoms with Crippen LogP contribution in [-0.2, 0) is 11.2 Å². The molecule has 25 heavy (non-hydrogen) atoms. The number of aromatic nitrogens is 2. The lowest BCUT2D eigenvalue weighted by molar-refractivity contribution is -0.118. The minimum absolute atomic E-state index is 0.137. The number of phenolic OH excluding ortho intramolecular Hbond substituents is 1. The summed E-state index contributed by atoms with van der Waals surface area (Å²) in [5.74, 6) is 0.0204. The SMILES string of the molecule is C=CCc1cccc(C=NNC(=O)CSc2nc(C)cc(C)n2)c1O. The number of thioether (sulfide) groups is 1. The molecule has 0 saturated carbocycles. The fourth-order valence-electron chi connectivity index (χ4n) is 2.13. The number of carbonyl (C=O) groups excluding carboxylic acids is 1. The summed E-state index contributed by atoms with van der Waals surface area (Å²) in [5, 5.41) is 14.6. The number of benzene rings is 1. The molecule has 2 aromatic rings. The lowest BCUT2D eigenvalue weighted by atomic mass is 10.1. The molecular formula is C18H20N4O2S. The molecule has 2 rings (SSSR count). The van der Waals surface area contributed by atoms with E-state index in [1.165, 1.54) is 18.0 Å². The highest BCUT2D eigenvalue weighted by atomic mass is 32.2. The summed E-state index contributed by atoms with van der Waals surface area (Å²) >= 11 is 1.25. The van der Waals surface area contributed by atoms with E-state index < -0.39 is 0 Å². The van der Waals surface area contributed by atoms with Gasteiger partial charge in [-0.15, -0.1) is 6.58 Å². The standard InChI is InChI=1S/C18H20N4O2S/c1-4-6-14-7-5-8-15(17(14)24)10-19-22-16(23)11-25-18-20-12(2)9-13(3)21-18/h4-5,7-10,24H,1,6,11H2,2-3H3,(H,22,23). The molecule has 0 bridgehead atoms. The molecule has 1 aromatic carbocycles. The van der Waals surface area contributed by atoms with Gasteiger partial charge in [-0.1, -0.05) is 30.0 Å². The summed E-state index contributed by atoms with van der Waals surface area (Å²) < 4.78 is 0. The second kappa shape index (κ2) is 8.98. The van der Waals surface area contributed by atoms with E-state index >= 15 is 0 Å². The minimum Gasteiger partial charge on any atom is -0.507 e. The quantitative estimate of drug-likeness (QED) is 0.262. The Morgan fingerprint density at radius 3 is 2.76 bits per heavy atom. The fraction of sp³-hybridized carbons (Fsp3) is 0.222. The van der Waals surface area contributed by atoms with Gasteiger partial charge in [0.2, 0.25) is 0 Å². The molecular weight excluding hydrogens is 336 g/mol. The van der Waals surface area contributed by atoms with Crippen molar-refractivity contribution < 1.29 is 9.90 Å². The molecule has 7 heteroatoms. The largest absolute Gasteiger partial charge is 0.507 e. The molecule has 0 spiro atoms. The highest BCUT2D eigenvalue weighted by Gasteiger charge is 2.06. The lowest BCUT2D eigenvalue weighted by Gasteiger charge is -2.05. The molecule has 1 heterocycles. The van der Waals surface area contributed by atoms with Crippen LogP contribution in [0.5, 0.6) is 5.75 Å². The Bertz CT molecular complexity index is 785. The van der Waals surface area contributed by atoms with Crippen molar-refractivity contribution in [2.24, 2.45) is 5.10 Å². The van der Waals surface area contributed by atoms with Gasteiger partial charge in [0.1, 0.15) is 5.75 Å². The number of carbonyl (C=O) groups is 1. The molecule has 0 aliphatic rings. The topological polar surface area (TPSA) is 87.5 Å². The third-order valence-electron chi connectivity index (χ3n) is 3.20. The Morgan fingerprint density at radius 2 is 2.08 bits per heavy atom. The second-order valence-corrected chi connectivity index (χ2v) is 6.31. The maximum atomic E-state index is 11.9. The molecule has 0 saturated heterocycles. The van der Waals surface area contributed by atoms with E-state index in [9.17, 15) is 9.90 Å². The van der Waals surface area contributed by atoms with Crippen LogP contribution in [0.1, 0.15) is 22.5 Å².